The number of nitrogens with one attached hydrogen (secondary N) is 1. The van der Waals surface area contributed by atoms with Gasteiger partial charge in [-0.3, -0.25) is 9.69 Å². The van der Waals surface area contributed by atoms with Crippen molar-refractivity contribution in [1.82, 2.24) is 15.1 Å². The maximum absolute atomic E-state index is 12.6. The number of carbonyl (C=O) groups is 1. The summed E-state index contributed by atoms with van der Waals surface area (Å²) in [5.41, 5.74) is 0. The van der Waals surface area contributed by atoms with Gasteiger partial charge in [0, 0.05) is 25.2 Å². The van der Waals surface area contributed by atoms with Crippen molar-refractivity contribution < 1.29 is 9.90 Å². The third-order valence-corrected chi connectivity index (χ3v) is 5.83. The largest absolute Gasteiger partial charge is 0.392 e. The van der Waals surface area contributed by atoms with Gasteiger partial charge in [-0.15, -0.1) is 0 Å². The van der Waals surface area contributed by atoms with Gasteiger partial charge in [0.2, 0.25) is 5.91 Å². The molecular weight excluding hydrogens is 290 g/mol. The molecule has 5 atom stereocenters. The highest BCUT2D eigenvalue weighted by molar-refractivity contribution is 5.82. The Hall–Kier alpha value is -0.650. The maximum atomic E-state index is 12.6. The number of hydrogen-bond donors (Lipinski definition) is 2. The Kier molecular flexibility index (Phi) is 6.86. The Morgan fingerprint density at radius 2 is 2.00 bits per heavy atom. The molecule has 0 saturated carbocycles. The first-order valence-electron chi connectivity index (χ1n) is 9.29. The van der Waals surface area contributed by atoms with Crippen LogP contribution in [0.25, 0.3) is 0 Å². The van der Waals surface area contributed by atoms with Crippen LogP contribution in [0.4, 0.5) is 0 Å². The molecule has 2 saturated heterocycles. The van der Waals surface area contributed by atoms with Crippen LogP contribution < -0.4 is 5.32 Å². The number of likely N-dealkylation sites (N-methyl/N-ethyl adjacent to an activating group) is 1. The summed E-state index contributed by atoms with van der Waals surface area (Å²) in [4.78, 5) is 17.1. The molecule has 2 fully saturated rings. The van der Waals surface area contributed by atoms with E-state index in [4.69, 9.17) is 0 Å². The molecule has 0 aromatic rings. The van der Waals surface area contributed by atoms with Gasteiger partial charge in [-0.25, -0.2) is 0 Å². The third kappa shape index (κ3) is 5.16. The van der Waals surface area contributed by atoms with E-state index >= 15 is 0 Å². The van der Waals surface area contributed by atoms with E-state index in [0.717, 1.165) is 38.1 Å². The number of amides is 1. The zero-order valence-electron chi connectivity index (χ0n) is 15.3. The minimum Gasteiger partial charge on any atom is -0.392 e. The second-order valence-corrected chi connectivity index (χ2v) is 7.80. The van der Waals surface area contributed by atoms with Gasteiger partial charge in [-0.1, -0.05) is 20.3 Å². The summed E-state index contributed by atoms with van der Waals surface area (Å²) >= 11 is 0. The lowest BCUT2D eigenvalue weighted by molar-refractivity contribution is -0.129. The zero-order chi connectivity index (χ0) is 17.0. The average Bonchev–Trinajstić information content (AvgIpc) is 2.50. The number of nitrogens with zero attached hydrogens (tertiary/aromatic N) is 2. The minimum atomic E-state index is -0.285. The van der Waals surface area contributed by atoms with Crippen molar-refractivity contribution >= 4 is 5.91 Å². The van der Waals surface area contributed by atoms with Crippen molar-refractivity contribution in [3.8, 4) is 0 Å². The summed E-state index contributed by atoms with van der Waals surface area (Å²) in [7, 11) is 4.15. The van der Waals surface area contributed by atoms with Gasteiger partial charge in [-0.2, -0.15) is 0 Å². The second kappa shape index (κ2) is 8.45. The lowest BCUT2D eigenvalue weighted by atomic mass is 9.89. The van der Waals surface area contributed by atoms with Crippen molar-refractivity contribution in [2.75, 3.05) is 27.2 Å². The van der Waals surface area contributed by atoms with Crippen LogP contribution >= 0.6 is 0 Å². The number of β-amino-alcohol motifs (C(OH)–C–C–N with tert-alkyl or cyclic N) is 1. The van der Waals surface area contributed by atoms with E-state index in [2.05, 4.69) is 31.1 Å². The molecule has 5 unspecified atom stereocenters. The summed E-state index contributed by atoms with van der Waals surface area (Å²) in [6, 6.07) is 0.800. The number of likely N-dealkylation sites (tertiary alicyclic amines) is 2. The molecule has 0 radical (unpaired) electrons. The smallest absolute Gasteiger partial charge is 0.237 e. The van der Waals surface area contributed by atoms with Crippen molar-refractivity contribution in [1.29, 1.82) is 0 Å². The highest BCUT2D eigenvalue weighted by Crippen LogP contribution is 2.24. The van der Waals surface area contributed by atoms with Gasteiger partial charge in [0.15, 0.2) is 0 Å². The molecule has 0 aromatic carbocycles. The van der Waals surface area contributed by atoms with E-state index in [1.807, 2.05) is 11.9 Å². The van der Waals surface area contributed by atoms with Crippen molar-refractivity contribution in [2.24, 2.45) is 5.92 Å². The zero-order valence-corrected chi connectivity index (χ0v) is 15.3. The summed E-state index contributed by atoms with van der Waals surface area (Å²) < 4.78 is 0. The van der Waals surface area contributed by atoms with E-state index in [-0.39, 0.29) is 18.1 Å². The molecule has 5 heteroatoms. The number of carbonyl (C=O) groups excluding carboxylic acids is 1. The molecule has 2 rings (SSSR count). The number of hydrogen-bond acceptors (Lipinski definition) is 4. The number of aliphatic hydroxyl groups excluding tert-OH is 1. The van der Waals surface area contributed by atoms with Crippen LogP contribution in [0.15, 0.2) is 0 Å². The average molecular weight is 325 g/mol. The molecule has 0 bridgehead atoms. The SMILES string of the molecule is CCC(C)CC1CC(NC(=O)C2CCC(O)CN2C)CCN1C. The Balaban J connectivity index is 1.85. The summed E-state index contributed by atoms with van der Waals surface area (Å²) in [5, 5.41) is 13.0. The number of aliphatic hydroxyl groups is 1. The van der Waals surface area contributed by atoms with Crippen LogP contribution in [-0.4, -0.2) is 72.2 Å². The summed E-state index contributed by atoms with van der Waals surface area (Å²) in [5.74, 6) is 0.888. The highest BCUT2D eigenvalue weighted by atomic mass is 16.3. The van der Waals surface area contributed by atoms with E-state index in [9.17, 15) is 9.90 Å². The molecule has 2 aliphatic rings. The van der Waals surface area contributed by atoms with E-state index < -0.39 is 0 Å². The Labute approximate surface area is 141 Å². The maximum Gasteiger partial charge on any atom is 0.237 e. The lowest BCUT2D eigenvalue weighted by Gasteiger charge is -2.40. The molecular formula is C18H35N3O2. The molecule has 23 heavy (non-hydrogen) atoms. The van der Waals surface area contributed by atoms with E-state index in [1.165, 1.54) is 12.8 Å². The molecule has 0 spiro atoms. The van der Waals surface area contributed by atoms with Crippen molar-refractivity contribution in [3.63, 3.8) is 0 Å². The van der Waals surface area contributed by atoms with Crippen LogP contribution in [0.2, 0.25) is 0 Å². The first-order chi connectivity index (χ1) is 10.9. The molecule has 0 aliphatic carbocycles. The van der Waals surface area contributed by atoms with Crippen LogP contribution in [0.1, 0.15) is 52.4 Å². The van der Waals surface area contributed by atoms with E-state index in [1.54, 1.807) is 0 Å². The van der Waals surface area contributed by atoms with Crippen LogP contribution in [-0.2, 0) is 4.79 Å². The molecule has 5 nitrogen and oxygen atoms in total. The van der Waals surface area contributed by atoms with Gasteiger partial charge in [0.1, 0.15) is 0 Å². The molecule has 2 heterocycles. The monoisotopic (exact) mass is 325 g/mol. The van der Waals surface area contributed by atoms with Crippen molar-refractivity contribution in [2.45, 2.75) is 76.6 Å². The minimum absolute atomic E-state index is 0.0777. The first kappa shape index (κ1) is 18.7. The fraction of sp³-hybridized carbons (Fsp3) is 0.944. The molecule has 134 valence electrons. The van der Waals surface area contributed by atoms with Crippen LogP contribution in [0.5, 0.6) is 0 Å². The lowest BCUT2D eigenvalue weighted by Crippen LogP contribution is -2.55. The molecule has 0 aromatic heterocycles. The van der Waals surface area contributed by atoms with Crippen LogP contribution in [0, 0.1) is 5.92 Å². The van der Waals surface area contributed by atoms with Gasteiger partial charge < -0.3 is 15.3 Å². The van der Waals surface area contributed by atoms with Gasteiger partial charge in [-0.05, 0) is 52.1 Å². The van der Waals surface area contributed by atoms with Gasteiger partial charge >= 0.3 is 0 Å². The number of piperidine rings is 2. The van der Waals surface area contributed by atoms with Gasteiger partial charge in [0.05, 0.1) is 12.1 Å². The second-order valence-electron chi connectivity index (χ2n) is 7.80. The first-order valence-corrected chi connectivity index (χ1v) is 9.29. The normalized spacial score (nSPS) is 35.0. The van der Waals surface area contributed by atoms with E-state index in [0.29, 0.717) is 18.6 Å². The highest BCUT2D eigenvalue weighted by Gasteiger charge is 2.33. The predicted octanol–water partition coefficient (Wildman–Crippen LogP) is 1.46. The Bertz CT molecular complexity index is 390. The quantitative estimate of drug-likeness (QED) is 0.803. The number of rotatable bonds is 5. The predicted molar refractivity (Wildman–Crippen MR) is 93.3 cm³/mol. The molecule has 2 N–H and O–H groups in total. The summed E-state index contributed by atoms with van der Waals surface area (Å²) in [6.07, 6.45) is 5.74. The molecule has 2 aliphatic heterocycles. The summed E-state index contributed by atoms with van der Waals surface area (Å²) in [6.45, 7) is 6.23. The topological polar surface area (TPSA) is 55.8 Å². The fourth-order valence-electron chi connectivity index (χ4n) is 3.96. The Morgan fingerprint density at radius 3 is 2.65 bits per heavy atom. The third-order valence-electron chi connectivity index (χ3n) is 5.83. The standard InChI is InChI=1S/C18H35N3O2/c1-5-13(2)10-15-11-14(8-9-20(15)3)19-18(23)17-7-6-16(22)12-21(17)4/h13-17,22H,5-12H2,1-4H3,(H,19,23). The van der Waals surface area contributed by atoms with Crippen molar-refractivity contribution in [3.05, 3.63) is 0 Å². The fourth-order valence-corrected chi connectivity index (χ4v) is 3.96. The Morgan fingerprint density at radius 1 is 1.26 bits per heavy atom. The van der Waals surface area contributed by atoms with Gasteiger partial charge in [0.25, 0.3) is 0 Å². The van der Waals surface area contributed by atoms with Crippen LogP contribution in [0.3, 0.4) is 0 Å². The molecule has 1 amide bonds.